The van der Waals surface area contributed by atoms with Gasteiger partial charge in [-0.05, 0) is 18.6 Å². The van der Waals surface area contributed by atoms with Gasteiger partial charge in [-0.15, -0.1) is 0 Å². The van der Waals surface area contributed by atoms with Crippen molar-refractivity contribution in [3.8, 4) is 6.07 Å². The van der Waals surface area contributed by atoms with Crippen molar-refractivity contribution in [1.82, 2.24) is 4.90 Å². The molecule has 1 amide bonds. The third-order valence-corrected chi connectivity index (χ3v) is 2.86. The van der Waals surface area contributed by atoms with Gasteiger partial charge in [0.2, 0.25) is 5.91 Å². The van der Waals surface area contributed by atoms with E-state index in [-0.39, 0.29) is 11.8 Å². The molecule has 0 aliphatic carbocycles. The number of hydrogen-bond acceptors (Lipinski definition) is 4. The summed E-state index contributed by atoms with van der Waals surface area (Å²) in [6, 6.07) is 5.65. The summed E-state index contributed by atoms with van der Waals surface area (Å²) in [6.45, 7) is 3.07. The van der Waals surface area contributed by atoms with Crippen molar-refractivity contribution in [1.29, 1.82) is 5.26 Å². The van der Waals surface area contributed by atoms with Crippen LogP contribution in [0, 0.1) is 17.2 Å². The van der Waals surface area contributed by atoms with Gasteiger partial charge in [-0.25, -0.2) is 0 Å². The van der Waals surface area contributed by atoms with Crippen molar-refractivity contribution in [3.63, 3.8) is 0 Å². The zero-order valence-electron chi connectivity index (χ0n) is 10.6. The van der Waals surface area contributed by atoms with Gasteiger partial charge in [-0.3, -0.25) is 4.79 Å². The van der Waals surface area contributed by atoms with Crippen LogP contribution in [0.15, 0.2) is 22.8 Å². The van der Waals surface area contributed by atoms with Gasteiger partial charge in [-0.2, -0.15) is 5.26 Å². The van der Waals surface area contributed by atoms with Gasteiger partial charge in [-0.1, -0.05) is 6.92 Å². The fourth-order valence-electron chi connectivity index (χ4n) is 1.74. The van der Waals surface area contributed by atoms with E-state index in [1.807, 2.05) is 13.0 Å². The number of nitrogens with zero attached hydrogens (tertiary/aromatic N) is 2. The van der Waals surface area contributed by atoms with Crippen LogP contribution in [0.5, 0.6) is 0 Å². The monoisotopic (exact) mass is 249 g/mol. The third kappa shape index (κ3) is 3.90. The molecule has 98 valence electrons. The second kappa shape index (κ2) is 7.51. The maximum Gasteiger partial charge on any atom is 0.227 e. The molecule has 1 aromatic rings. The maximum atomic E-state index is 12.2. The second-order valence-corrected chi connectivity index (χ2v) is 4.09. The van der Waals surface area contributed by atoms with Gasteiger partial charge in [0.15, 0.2) is 0 Å². The average Bonchev–Trinajstić information content (AvgIpc) is 2.88. The maximum absolute atomic E-state index is 12.2. The zero-order valence-corrected chi connectivity index (χ0v) is 10.6. The Balaban J connectivity index is 2.71. The Morgan fingerprint density at radius 2 is 2.44 bits per heavy atom. The molecule has 1 rings (SSSR count). The first kappa shape index (κ1) is 14.3. The lowest BCUT2D eigenvalue weighted by atomic mass is 10.1. The van der Waals surface area contributed by atoms with Crippen LogP contribution in [0.3, 0.4) is 0 Å². The van der Waals surface area contributed by atoms with Crippen LogP contribution in [-0.2, 0) is 11.3 Å². The Kier molecular flexibility index (Phi) is 5.95. The number of nitrogens with two attached hydrogens (primary N) is 1. The number of hydrogen-bond donors (Lipinski definition) is 1. The molecule has 0 aliphatic rings. The van der Waals surface area contributed by atoms with Crippen LogP contribution in [0.25, 0.3) is 0 Å². The van der Waals surface area contributed by atoms with Crippen LogP contribution in [0.2, 0.25) is 0 Å². The van der Waals surface area contributed by atoms with E-state index in [9.17, 15) is 4.79 Å². The normalized spacial score (nSPS) is 11.8. The van der Waals surface area contributed by atoms with Crippen molar-refractivity contribution < 1.29 is 9.21 Å². The Labute approximate surface area is 107 Å². The summed E-state index contributed by atoms with van der Waals surface area (Å²) in [6.07, 6.45) is 2.59. The van der Waals surface area contributed by atoms with Crippen molar-refractivity contribution in [2.75, 3.05) is 13.1 Å². The fourth-order valence-corrected chi connectivity index (χ4v) is 1.74. The molecule has 18 heavy (non-hydrogen) atoms. The van der Waals surface area contributed by atoms with E-state index >= 15 is 0 Å². The minimum atomic E-state index is -0.182. The quantitative estimate of drug-likeness (QED) is 0.793. The Morgan fingerprint density at radius 3 is 2.94 bits per heavy atom. The number of nitriles is 1. The minimum Gasteiger partial charge on any atom is -0.467 e. The van der Waals surface area contributed by atoms with Gasteiger partial charge in [0, 0.05) is 13.1 Å². The molecule has 1 heterocycles. The average molecular weight is 249 g/mol. The largest absolute Gasteiger partial charge is 0.467 e. The molecule has 0 saturated heterocycles. The van der Waals surface area contributed by atoms with E-state index in [4.69, 9.17) is 15.4 Å². The lowest BCUT2D eigenvalue weighted by molar-refractivity contribution is -0.136. The van der Waals surface area contributed by atoms with Gasteiger partial charge < -0.3 is 15.1 Å². The number of amides is 1. The second-order valence-electron chi connectivity index (χ2n) is 4.09. The first-order valence-electron chi connectivity index (χ1n) is 6.11. The van der Waals surface area contributed by atoms with Crippen molar-refractivity contribution in [2.45, 2.75) is 26.3 Å². The molecule has 5 heteroatoms. The molecular formula is C13H19N3O2. The molecule has 0 aliphatic heterocycles. The van der Waals surface area contributed by atoms with E-state index in [1.54, 1.807) is 17.2 Å². The van der Waals surface area contributed by atoms with Crippen LogP contribution in [-0.4, -0.2) is 23.9 Å². The molecule has 0 saturated carbocycles. The standard InChI is InChI=1S/C13H19N3O2/c1-2-11(9-15)13(17)16(7-4-6-14)10-12-5-3-8-18-12/h3,5,8,11H,2,4,7,9-10,15H2,1H3. The molecular weight excluding hydrogens is 230 g/mol. The van der Waals surface area contributed by atoms with E-state index in [2.05, 4.69) is 6.07 Å². The predicted molar refractivity (Wildman–Crippen MR) is 67.2 cm³/mol. The molecule has 5 nitrogen and oxygen atoms in total. The lowest BCUT2D eigenvalue weighted by Crippen LogP contribution is -2.39. The van der Waals surface area contributed by atoms with Gasteiger partial charge in [0.25, 0.3) is 0 Å². The minimum absolute atomic E-state index is 0.00773. The number of carbonyl (C=O) groups excluding carboxylic acids is 1. The summed E-state index contributed by atoms with van der Waals surface area (Å²) in [4.78, 5) is 13.9. The van der Waals surface area contributed by atoms with Crippen LogP contribution in [0.4, 0.5) is 0 Å². The molecule has 2 N–H and O–H groups in total. The summed E-state index contributed by atoms with van der Waals surface area (Å²) >= 11 is 0. The van der Waals surface area contributed by atoms with Gasteiger partial charge in [0.1, 0.15) is 5.76 Å². The smallest absolute Gasteiger partial charge is 0.227 e. The Bertz CT molecular complexity index is 391. The van der Waals surface area contributed by atoms with E-state index < -0.39 is 0 Å². The molecule has 0 radical (unpaired) electrons. The van der Waals surface area contributed by atoms with Crippen molar-refractivity contribution in [2.24, 2.45) is 11.7 Å². The number of rotatable bonds is 7. The highest BCUT2D eigenvalue weighted by Crippen LogP contribution is 2.12. The summed E-state index contributed by atoms with van der Waals surface area (Å²) < 4.78 is 5.23. The fraction of sp³-hybridized carbons (Fsp3) is 0.538. The highest BCUT2D eigenvalue weighted by atomic mass is 16.3. The molecule has 1 aromatic heterocycles. The third-order valence-electron chi connectivity index (χ3n) is 2.86. The number of carbonyl (C=O) groups is 1. The highest BCUT2D eigenvalue weighted by Gasteiger charge is 2.22. The summed E-state index contributed by atoms with van der Waals surface area (Å²) in [5.74, 6) is 0.526. The molecule has 0 fully saturated rings. The topological polar surface area (TPSA) is 83.3 Å². The molecule has 0 spiro atoms. The van der Waals surface area contributed by atoms with E-state index in [0.717, 1.165) is 0 Å². The first-order valence-corrected chi connectivity index (χ1v) is 6.11. The Morgan fingerprint density at radius 1 is 1.67 bits per heavy atom. The summed E-state index contributed by atoms with van der Waals surface area (Å²) in [5.41, 5.74) is 5.59. The van der Waals surface area contributed by atoms with Crippen molar-refractivity contribution >= 4 is 5.91 Å². The van der Waals surface area contributed by atoms with Crippen LogP contribution in [0.1, 0.15) is 25.5 Å². The van der Waals surface area contributed by atoms with Gasteiger partial charge in [0.05, 0.1) is 31.2 Å². The van der Waals surface area contributed by atoms with Crippen molar-refractivity contribution in [3.05, 3.63) is 24.2 Å². The predicted octanol–water partition coefficient (Wildman–Crippen LogP) is 1.51. The molecule has 0 bridgehead atoms. The SMILES string of the molecule is CCC(CN)C(=O)N(CCC#N)Cc1ccco1. The highest BCUT2D eigenvalue weighted by molar-refractivity contribution is 5.79. The molecule has 1 atom stereocenters. The Hall–Kier alpha value is -1.80. The van der Waals surface area contributed by atoms with Crippen LogP contribution >= 0.6 is 0 Å². The first-order chi connectivity index (χ1) is 8.72. The molecule has 1 unspecified atom stereocenters. The van der Waals surface area contributed by atoms with E-state index in [0.29, 0.717) is 38.2 Å². The summed E-state index contributed by atoms with van der Waals surface area (Å²) in [7, 11) is 0. The molecule has 0 aromatic carbocycles. The van der Waals surface area contributed by atoms with Crippen LogP contribution < -0.4 is 5.73 Å². The zero-order chi connectivity index (χ0) is 13.4. The number of furan rings is 1. The van der Waals surface area contributed by atoms with Gasteiger partial charge >= 0.3 is 0 Å². The van der Waals surface area contributed by atoms with E-state index in [1.165, 1.54) is 0 Å². The summed E-state index contributed by atoms with van der Waals surface area (Å²) in [5, 5.41) is 8.64. The lowest BCUT2D eigenvalue weighted by Gasteiger charge is -2.24.